The number of carbonyl (C=O) groups is 1. The van der Waals surface area contributed by atoms with Gasteiger partial charge in [-0.25, -0.2) is 9.97 Å². The Bertz CT molecular complexity index is 1620. The van der Waals surface area contributed by atoms with E-state index in [1.54, 1.807) is 25.7 Å². The van der Waals surface area contributed by atoms with Gasteiger partial charge in [-0.05, 0) is 36.2 Å². The number of nitrogens with zero attached hydrogens (tertiary/aromatic N) is 3. The summed E-state index contributed by atoms with van der Waals surface area (Å²) in [5.41, 5.74) is 2.86. The lowest BCUT2D eigenvalue weighted by Crippen LogP contribution is -2.21. The summed E-state index contributed by atoms with van der Waals surface area (Å²) in [4.78, 5) is 36.3. The number of benzene rings is 2. The van der Waals surface area contributed by atoms with Crippen molar-refractivity contribution in [3.63, 3.8) is 0 Å². The number of fused-ring (bicyclic) bond motifs is 1. The van der Waals surface area contributed by atoms with Crippen LogP contribution in [0.15, 0.2) is 65.0 Å². The van der Waals surface area contributed by atoms with Crippen LogP contribution < -0.4 is 20.3 Å². The number of carbonyl (C=O) groups excluding carboxylic acids is 1. The highest BCUT2D eigenvalue weighted by Gasteiger charge is 2.21. The van der Waals surface area contributed by atoms with E-state index in [9.17, 15) is 9.59 Å². The molecule has 0 unspecified atom stereocenters. The first kappa shape index (κ1) is 23.7. The minimum Gasteiger partial charge on any atom is -0.497 e. The fourth-order valence-corrected chi connectivity index (χ4v) is 5.63. The molecule has 182 valence electrons. The van der Waals surface area contributed by atoms with Gasteiger partial charge < -0.3 is 9.47 Å². The average Bonchev–Trinajstić information content (AvgIpc) is 3.50. The van der Waals surface area contributed by atoms with Crippen LogP contribution in [0.5, 0.6) is 11.5 Å². The summed E-state index contributed by atoms with van der Waals surface area (Å²) in [6, 6.07) is 15.2. The number of thiophene rings is 1. The number of thiazole rings is 1. The van der Waals surface area contributed by atoms with E-state index in [0.717, 1.165) is 11.1 Å². The monoisotopic (exact) mass is 518 g/mol. The Labute approximate surface area is 214 Å². The highest BCUT2D eigenvalue weighted by Crippen LogP contribution is 2.35. The highest BCUT2D eigenvalue weighted by molar-refractivity contribution is 7.21. The molecule has 0 saturated heterocycles. The van der Waals surface area contributed by atoms with Gasteiger partial charge in [-0.3, -0.25) is 19.5 Å². The number of ether oxygens (including phenoxy) is 2. The van der Waals surface area contributed by atoms with Crippen molar-refractivity contribution < 1.29 is 14.3 Å². The molecular weight excluding hydrogens is 496 g/mol. The summed E-state index contributed by atoms with van der Waals surface area (Å²) in [5, 5.41) is 5.60. The molecular formula is C26H22N4O4S2. The van der Waals surface area contributed by atoms with E-state index >= 15 is 0 Å². The van der Waals surface area contributed by atoms with E-state index in [2.05, 4.69) is 15.3 Å². The summed E-state index contributed by atoms with van der Waals surface area (Å²) in [6.07, 6.45) is 1.53. The fraction of sp³-hybridized carbons (Fsp3) is 0.154. The number of amides is 1. The van der Waals surface area contributed by atoms with Crippen LogP contribution in [0.3, 0.4) is 0 Å². The quantitative estimate of drug-likeness (QED) is 0.318. The number of anilines is 1. The van der Waals surface area contributed by atoms with Crippen LogP contribution in [0.4, 0.5) is 5.13 Å². The Balaban J connectivity index is 1.42. The van der Waals surface area contributed by atoms with Gasteiger partial charge in [0.1, 0.15) is 16.3 Å². The first-order valence-corrected chi connectivity index (χ1v) is 12.7. The molecule has 1 amide bonds. The number of hydrogen-bond donors (Lipinski definition) is 1. The molecule has 0 aliphatic heterocycles. The maximum absolute atomic E-state index is 13.2. The van der Waals surface area contributed by atoms with Crippen molar-refractivity contribution in [3.05, 3.63) is 86.6 Å². The number of aromatic nitrogens is 3. The standard InChI is InChI=1S/C26H22N4O4S2/c1-15-21-24(27-14-30(25(21)32)12-16-7-5-4-6-8-16)36-22(15)23(31)29-26-28-19(13-35-26)18-11-17(33-2)9-10-20(18)34-3/h4-11,13-14H,12H2,1-3H3,(H,28,29,31). The largest absolute Gasteiger partial charge is 0.497 e. The first-order valence-electron chi connectivity index (χ1n) is 11.0. The van der Waals surface area contributed by atoms with Crippen LogP contribution in [0.2, 0.25) is 0 Å². The summed E-state index contributed by atoms with van der Waals surface area (Å²) in [5.74, 6) is 0.996. The number of methoxy groups -OCH3 is 2. The molecule has 5 aromatic rings. The molecule has 3 aromatic heterocycles. The van der Waals surface area contributed by atoms with Gasteiger partial charge in [-0.1, -0.05) is 30.3 Å². The smallest absolute Gasteiger partial charge is 0.267 e. The van der Waals surface area contributed by atoms with Crippen molar-refractivity contribution in [1.82, 2.24) is 14.5 Å². The Kier molecular flexibility index (Phi) is 6.53. The summed E-state index contributed by atoms with van der Waals surface area (Å²) < 4.78 is 12.3. The van der Waals surface area contributed by atoms with E-state index in [-0.39, 0.29) is 11.5 Å². The molecule has 5 rings (SSSR count). The van der Waals surface area contributed by atoms with Crippen LogP contribution >= 0.6 is 22.7 Å². The van der Waals surface area contributed by atoms with Crippen LogP contribution in [-0.4, -0.2) is 34.7 Å². The van der Waals surface area contributed by atoms with E-state index < -0.39 is 0 Å². The van der Waals surface area contributed by atoms with E-state index in [1.165, 1.54) is 29.0 Å². The summed E-state index contributed by atoms with van der Waals surface area (Å²) in [7, 11) is 3.18. The molecule has 0 saturated carbocycles. The van der Waals surface area contributed by atoms with E-state index in [0.29, 0.717) is 49.5 Å². The number of nitrogens with one attached hydrogen (secondary N) is 1. The number of rotatable bonds is 7. The first-order chi connectivity index (χ1) is 17.5. The van der Waals surface area contributed by atoms with Crippen molar-refractivity contribution in [3.8, 4) is 22.8 Å². The predicted octanol–water partition coefficient (Wildman–Crippen LogP) is 5.21. The molecule has 0 spiro atoms. The molecule has 0 atom stereocenters. The minimum atomic E-state index is -0.331. The molecule has 0 fully saturated rings. The average molecular weight is 519 g/mol. The topological polar surface area (TPSA) is 95.3 Å². The molecule has 36 heavy (non-hydrogen) atoms. The van der Waals surface area contributed by atoms with Crippen LogP contribution in [0.25, 0.3) is 21.5 Å². The Hall–Kier alpha value is -4.02. The van der Waals surface area contributed by atoms with E-state index in [4.69, 9.17) is 9.47 Å². The maximum atomic E-state index is 13.2. The molecule has 0 radical (unpaired) electrons. The van der Waals surface area contributed by atoms with Gasteiger partial charge in [-0.2, -0.15) is 0 Å². The van der Waals surface area contributed by atoms with Gasteiger partial charge >= 0.3 is 0 Å². The molecule has 1 N–H and O–H groups in total. The van der Waals surface area contributed by atoms with Crippen molar-refractivity contribution >= 4 is 43.9 Å². The van der Waals surface area contributed by atoms with Gasteiger partial charge in [0.15, 0.2) is 5.13 Å². The molecule has 0 aliphatic carbocycles. The van der Waals surface area contributed by atoms with Crippen molar-refractivity contribution in [1.29, 1.82) is 0 Å². The van der Waals surface area contributed by atoms with Gasteiger partial charge in [-0.15, -0.1) is 22.7 Å². The van der Waals surface area contributed by atoms with Crippen molar-refractivity contribution in [2.24, 2.45) is 0 Å². The second-order valence-electron chi connectivity index (χ2n) is 7.96. The lowest BCUT2D eigenvalue weighted by atomic mass is 10.1. The van der Waals surface area contributed by atoms with Crippen LogP contribution in [0, 0.1) is 6.92 Å². The third kappa shape index (κ3) is 4.48. The summed E-state index contributed by atoms with van der Waals surface area (Å²) >= 11 is 2.50. The third-order valence-corrected chi connectivity index (χ3v) is 7.68. The summed E-state index contributed by atoms with van der Waals surface area (Å²) in [6.45, 7) is 2.19. The molecule has 0 aliphatic rings. The molecule has 3 heterocycles. The zero-order chi connectivity index (χ0) is 25.2. The van der Waals surface area contributed by atoms with Crippen LogP contribution in [0.1, 0.15) is 20.8 Å². The van der Waals surface area contributed by atoms with Gasteiger partial charge in [0.25, 0.3) is 11.5 Å². The number of aryl methyl sites for hydroxylation is 1. The molecule has 2 aromatic carbocycles. The maximum Gasteiger partial charge on any atom is 0.267 e. The SMILES string of the molecule is COc1ccc(OC)c(-c2csc(NC(=O)c3sc4ncn(Cc5ccccc5)c(=O)c4c3C)n2)c1. The lowest BCUT2D eigenvalue weighted by Gasteiger charge is -2.08. The van der Waals surface area contributed by atoms with Gasteiger partial charge in [0.05, 0.1) is 43.0 Å². The van der Waals surface area contributed by atoms with Crippen LogP contribution in [-0.2, 0) is 6.54 Å². The lowest BCUT2D eigenvalue weighted by molar-refractivity contribution is 0.103. The predicted molar refractivity (Wildman–Crippen MR) is 143 cm³/mol. The van der Waals surface area contributed by atoms with Crippen molar-refractivity contribution in [2.75, 3.05) is 19.5 Å². The Morgan fingerprint density at radius 1 is 1.11 bits per heavy atom. The highest BCUT2D eigenvalue weighted by atomic mass is 32.1. The fourth-order valence-electron chi connectivity index (χ4n) is 3.89. The number of hydrogen-bond acceptors (Lipinski definition) is 8. The van der Waals surface area contributed by atoms with Crippen molar-refractivity contribution in [2.45, 2.75) is 13.5 Å². The Morgan fingerprint density at radius 3 is 2.67 bits per heavy atom. The normalized spacial score (nSPS) is 11.0. The van der Waals surface area contributed by atoms with Gasteiger partial charge in [0.2, 0.25) is 0 Å². The Morgan fingerprint density at radius 2 is 1.92 bits per heavy atom. The second kappa shape index (κ2) is 9.92. The molecule has 0 bridgehead atoms. The minimum absolute atomic E-state index is 0.168. The third-order valence-electron chi connectivity index (χ3n) is 5.73. The molecule has 8 nitrogen and oxygen atoms in total. The molecule has 10 heteroatoms. The zero-order valence-electron chi connectivity index (χ0n) is 19.8. The van der Waals surface area contributed by atoms with Gasteiger partial charge in [0, 0.05) is 10.9 Å². The zero-order valence-corrected chi connectivity index (χ0v) is 21.4. The van der Waals surface area contributed by atoms with E-state index in [1.807, 2.05) is 53.9 Å². The second-order valence-corrected chi connectivity index (χ2v) is 9.81.